The highest BCUT2D eigenvalue weighted by Gasteiger charge is 2.09. The Morgan fingerprint density at radius 1 is 1.40 bits per heavy atom. The van der Waals surface area contributed by atoms with E-state index >= 15 is 0 Å². The molecule has 0 saturated heterocycles. The van der Waals surface area contributed by atoms with Crippen LogP contribution < -0.4 is 16.6 Å². The van der Waals surface area contributed by atoms with E-state index in [0.29, 0.717) is 22.9 Å². The lowest BCUT2D eigenvalue weighted by molar-refractivity contribution is 0.0950. The first-order valence-electron chi connectivity index (χ1n) is 6.06. The number of carbonyl (C=O) groups excluding carboxylic acids is 1. The van der Waals surface area contributed by atoms with Crippen LogP contribution in [0.2, 0.25) is 5.02 Å². The summed E-state index contributed by atoms with van der Waals surface area (Å²) in [5.41, 5.74) is 4.93. The number of nitrogens with two attached hydrogens (primary N) is 1. The number of pyridine rings is 1. The molecule has 0 atom stereocenters. The summed E-state index contributed by atoms with van der Waals surface area (Å²) in [7, 11) is 0. The third-order valence-electron chi connectivity index (χ3n) is 2.78. The highest BCUT2D eigenvalue weighted by atomic mass is 35.5. The third-order valence-corrected chi connectivity index (χ3v) is 3.06. The van der Waals surface area contributed by atoms with Crippen LogP contribution in [0.5, 0.6) is 0 Å². The maximum Gasteiger partial charge on any atom is 0.253 e. The maximum absolute atomic E-state index is 12.0. The van der Waals surface area contributed by atoms with Gasteiger partial charge in [-0.1, -0.05) is 41.4 Å². The number of aromatic nitrogens is 1. The molecule has 1 aromatic heterocycles. The predicted molar refractivity (Wildman–Crippen MR) is 79.4 cm³/mol. The average molecular weight is 291 g/mol. The molecular weight excluding hydrogens is 276 g/mol. The predicted octanol–water partition coefficient (Wildman–Crippen LogP) is 2.26. The number of anilines is 1. The molecule has 6 heteroatoms. The van der Waals surface area contributed by atoms with E-state index in [1.807, 2.05) is 31.2 Å². The van der Waals surface area contributed by atoms with Gasteiger partial charge in [-0.05, 0) is 18.6 Å². The highest BCUT2D eigenvalue weighted by Crippen LogP contribution is 2.18. The van der Waals surface area contributed by atoms with Gasteiger partial charge in [0.1, 0.15) is 0 Å². The summed E-state index contributed by atoms with van der Waals surface area (Å²) in [4.78, 5) is 16.0. The van der Waals surface area contributed by atoms with Crippen molar-refractivity contribution < 1.29 is 4.79 Å². The summed E-state index contributed by atoms with van der Waals surface area (Å²) in [6, 6.07) is 9.47. The topological polar surface area (TPSA) is 80.0 Å². The summed E-state index contributed by atoms with van der Waals surface area (Å²) < 4.78 is 0. The van der Waals surface area contributed by atoms with Crippen LogP contribution in [0.3, 0.4) is 0 Å². The fourth-order valence-electron chi connectivity index (χ4n) is 1.77. The standard InChI is InChI=1S/C14H15ClN4O/c1-9-3-2-4-10(5-9)7-18-14(20)11-6-12(15)13(19-16)17-8-11/h2-6,8H,7,16H2,1H3,(H,17,19)(H,18,20). The van der Waals surface area contributed by atoms with Crippen LogP contribution in [0.4, 0.5) is 5.82 Å². The smallest absolute Gasteiger partial charge is 0.253 e. The molecule has 20 heavy (non-hydrogen) atoms. The molecule has 104 valence electrons. The van der Waals surface area contributed by atoms with Gasteiger partial charge in [-0.15, -0.1) is 0 Å². The normalized spacial score (nSPS) is 10.2. The number of halogens is 1. The zero-order chi connectivity index (χ0) is 14.5. The van der Waals surface area contributed by atoms with E-state index in [9.17, 15) is 4.79 Å². The van der Waals surface area contributed by atoms with Gasteiger partial charge in [0, 0.05) is 12.7 Å². The number of nitrogens with zero attached hydrogens (tertiary/aromatic N) is 1. The van der Waals surface area contributed by atoms with Gasteiger partial charge in [0.15, 0.2) is 5.82 Å². The Balaban J connectivity index is 2.03. The zero-order valence-corrected chi connectivity index (χ0v) is 11.7. The maximum atomic E-state index is 12.0. The average Bonchev–Trinajstić information content (AvgIpc) is 2.44. The fraction of sp³-hybridized carbons (Fsp3) is 0.143. The molecule has 0 spiro atoms. The van der Waals surface area contributed by atoms with Gasteiger partial charge in [0.2, 0.25) is 0 Å². The molecular formula is C14H15ClN4O. The van der Waals surface area contributed by atoms with Gasteiger partial charge >= 0.3 is 0 Å². The number of hydrogen-bond donors (Lipinski definition) is 3. The van der Waals surface area contributed by atoms with Gasteiger partial charge in [0.25, 0.3) is 5.91 Å². The molecule has 0 unspecified atom stereocenters. The fourth-order valence-corrected chi connectivity index (χ4v) is 2.00. The molecule has 4 N–H and O–H groups in total. The van der Waals surface area contributed by atoms with E-state index in [1.165, 1.54) is 12.3 Å². The largest absolute Gasteiger partial charge is 0.348 e. The van der Waals surface area contributed by atoms with Crippen molar-refractivity contribution >= 4 is 23.3 Å². The van der Waals surface area contributed by atoms with Crippen molar-refractivity contribution in [2.45, 2.75) is 13.5 Å². The van der Waals surface area contributed by atoms with Crippen molar-refractivity contribution in [1.82, 2.24) is 10.3 Å². The molecule has 0 fully saturated rings. The van der Waals surface area contributed by atoms with Crippen molar-refractivity contribution in [1.29, 1.82) is 0 Å². The summed E-state index contributed by atoms with van der Waals surface area (Å²) in [6.45, 7) is 2.46. The van der Waals surface area contributed by atoms with Crippen molar-refractivity contribution in [2.24, 2.45) is 5.84 Å². The molecule has 0 radical (unpaired) electrons. The van der Waals surface area contributed by atoms with E-state index in [2.05, 4.69) is 15.7 Å². The number of amides is 1. The SMILES string of the molecule is Cc1cccc(CNC(=O)c2cnc(NN)c(Cl)c2)c1. The number of carbonyl (C=O) groups is 1. The van der Waals surface area contributed by atoms with Gasteiger partial charge in [-0.3, -0.25) is 4.79 Å². The molecule has 5 nitrogen and oxygen atoms in total. The number of nitrogens with one attached hydrogen (secondary N) is 2. The molecule has 0 bridgehead atoms. The minimum absolute atomic E-state index is 0.232. The van der Waals surface area contributed by atoms with Crippen molar-refractivity contribution in [3.05, 3.63) is 58.2 Å². The lowest BCUT2D eigenvalue weighted by atomic mass is 10.1. The molecule has 0 aliphatic rings. The Hall–Kier alpha value is -2.11. The zero-order valence-electron chi connectivity index (χ0n) is 11.0. The Morgan fingerprint density at radius 2 is 2.20 bits per heavy atom. The third kappa shape index (κ3) is 3.46. The van der Waals surface area contributed by atoms with Crippen molar-refractivity contribution in [2.75, 3.05) is 5.43 Å². The van der Waals surface area contributed by atoms with Crippen LogP contribution in [-0.2, 0) is 6.54 Å². The summed E-state index contributed by atoms with van der Waals surface area (Å²) in [5.74, 6) is 5.33. The van der Waals surface area contributed by atoms with Gasteiger partial charge in [-0.2, -0.15) is 0 Å². The Kier molecular flexibility index (Phi) is 4.55. The first-order chi connectivity index (χ1) is 9.60. The van der Waals surface area contributed by atoms with E-state index in [-0.39, 0.29) is 5.91 Å². The number of nitrogen functional groups attached to an aromatic ring is 1. The molecule has 0 aliphatic carbocycles. The molecule has 1 aromatic carbocycles. The van der Waals surface area contributed by atoms with Crippen LogP contribution in [0.1, 0.15) is 21.5 Å². The van der Waals surface area contributed by atoms with Crippen LogP contribution >= 0.6 is 11.6 Å². The molecule has 2 rings (SSSR count). The van der Waals surface area contributed by atoms with Crippen LogP contribution in [-0.4, -0.2) is 10.9 Å². The summed E-state index contributed by atoms with van der Waals surface area (Å²) in [5, 5.41) is 3.12. The van der Waals surface area contributed by atoms with E-state index in [0.717, 1.165) is 11.1 Å². The van der Waals surface area contributed by atoms with Crippen LogP contribution in [0, 0.1) is 6.92 Å². The number of rotatable bonds is 4. The van der Waals surface area contributed by atoms with E-state index in [1.54, 1.807) is 0 Å². The lowest BCUT2D eigenvalue weighted by Crippen LogP contribution is -2.23. The monoisotopic (exact) mass is 290 g/mol. The molecule has 1 heterocycles. The van der Waals surface area contributed by atoms with Crippen LogP contribution in [0.15, 0.2) is 36.5 Å². The minimum Gasteiger partial charge on any atom is -0.348 e. The van der Waals surface area contributed by atoms with E-state index in [4.69, 9.17) is 17.4 Å². The summed E-state index contributed by atoms with van der Waals surface area (Å²) >= 11 is 5.93. The van der Waals surface area contributed by atoms with Crippen molar-refractivity contribution in [3.8, 4) is 0 Å². The number of benzene rings is 1. The Morgan fingerprint density at radius 3 is 2.85 bits per heavy atom. The molecule has 0 saturated carbocycles. The minimum atomic E-state index is -0.232. The van der Waals surface area contributed by atoms with Crippen LogP contribution in [0.25, 0.3) is 0 Å². The quantitative estimate of drug-likeness (QED) is 0.596. The van der Waals surface area contributed by atoms with Crippen molar-refractivity contribution in [3.63, 3.8) is 0 Å². The Labute approximate surface area is 122 Å². The van der Waals surface area contributed by atoms with Gasteiger partial charge < -0.3 is 10.7 Å². The number of aryl methyl sites for hydroxylation is 1. The second-order valence-corrected chi connectivity index (χ2v) is 4.78. The molecule has 0 aliphatic heterocycles. The molecule has 1 amide bonds. The Bertz CT molecular complexity index is 630. The highest BCUT2D eigenvalue weighted by molar-refractivity contribution is 6.33. The van der Waals surface area contributed by atoms with E-state index < -0.39 is 0 Å². The van der Waals surface area contributed by atoms with Gasteiger partial charge in [0.05, 0.1) is 10.6 Å². The lowest BCUT2D eigenvalue weighted by Gasteiger charge is -2.07. The molecule has 2 aromatic rings. The number of hydrogen-bond acceptors (Lipinski definition) is 4. The first-order valence-corrected chi connectivity index (χ1v) is 6.44. The second kappa shape index (κ2) is 6.36. The number of hydrazine groups is 1. The summed E-state index contributed by atoms with van der Waals surface area (Å²) in [6.07, 6.45) is 1.42. The van der Waals surface area contributed by atoms with Gasteiger partial charge in [-0.25, -0.2) is 10.8 Å². The second-order valence-electron chi connectivity index (χ2n) is 4.37. The first kappa shape index (κ1) is 14.3.